The number of rotatable bonds is 5. The van der Waals surface area contributed by atoms with Crippen molar-refractivity contribution in [2.24, 2.45) is 0 Å². The standard InChI is InChI=1S/C10H14ClN3O3S/c1-18(16,17)4-2-3-13-10(15)7-5-9(11)14-6-8(7)12/h5-6H,2-4,12H2,1H3,(H,13,15). The Hall–Kier alpha value is -1.34. The summed E-state index contributed by atoms with van der Waals surface area (Å²) in [6, 6.07) is 1.36. The highest BCUT2D eigenvalue weighted by Crippen LogP contribution is 2.14. The maximum atomic E-state index is 11.7. The second-order valence-corrected chi connectivity index (χ2v) is 6.48. The average molecular weight is 292 g/mol. The first-order valence-corrected chi connectivity index (χ1v) is 7.60. The molecule has 0 saturated heterocycles. The van der Waals surface area contributed by atoms with Crippen LogP contribution in [0.4, 0.5) is 5.69 Å². The number of nitrogens with one attached hydrogen (secondary N) is 1. The molecule has 0 aliphatic heterocycles. The SMILES string of the molecule is CS(=O)(=O)CCCNC(=O)c1cc(Cl)ncc1N. The zero-order chi connectivity index (χ0) is 13.8. The highest BCUT2D eigenvalue weighted by Gasteiger charge is 2.10. The minimum atomic E-state index is -3.01. The summed E-state index contributed by atoms with van der Waals surface area (Å²) < 4.78 is 21.8. The fourth-order valence-electron chi connectivity index (χ4n) is 1.27. The van der Waals surface area contributed by atoms with Gasteiger partial charge in [0.05, 0.1) is 23.2 Å². The molecule has 0 fully saturated rings. The van der Waals surface area contributed by atoms with E-state index in [9.17, 15) is 13.2 Å². The van der Waals surface area contributed by atoms with Gasteiger partial charge >= 0.3 is 0 Å². The summed E-state index contributed by atoms with van der Waals surface area (Å²) in [5, 5.41) is 2.74. The van der Waals surface area contributed by atoms with Crippen LogP contribution in [0.1, 0.15) is 16.8 Å². The van der Waals surface area contributed by atoms with Crippen LogP contribution >= 0.6 is 11.6 Å². The van der Waals surface area contributed by atoms with Gasteiger partial charge in [-0.25, -0.2) is 13.4 Å². The Bertz CT molecular complexity index is 545. The van der Waals surface area contributed by atoms with Crippen LogP contribution in [0.5, 0.6) is 0 Å². The van der Waals surface area contributed by atoms with Gasteiger partial charge in [0.1, 0.15) is 15.0 Å². The summed E-state index contributed by atoms with van der Waals surface area (Å²) in [5.41, 5.74) is 6.04. The van der Waals surface area contributed by atoms with Gasteiger partial charge in [-0.05, 0) is 12.5 Å². The summed E-state index contributed by atoms with van der Waals surface area (Å²) in [6.45, 7) is 0.255. The van der Waals surface area contributed by atoms with Crippen LogP contribution in [-0.4, -0.2) is 37.9 Å². The zero-order valence-corrected chi connectivity index (χ0v) is 11.4. The Morgan fingerprint density at radius 1 is 1.56 bits per heavy atom. The Balaban J connectivity index is 2.53. The van der Waals surface area contributed by atoms with Crippen LogP contribution in [0, 0.1) is 0 Å². The number of sulfone groups is 1. The van der Waals surface area contributed by atoms with Crippen LogP contribution in [-0.2, 0) is 9.84 Å². The van der Waals surface area contributed by atoms with Gasteiger partial charge in [-0.15, -0.1) is 0 Å². The minimum absolute atomic E-state index is 0.0276. The first kappa shape index (κ1) is 14.7. The fraction of sp³-hybridized carbons (Fsp3) is 0.400. The van der Waals surface area contributed by atoms with Crippen LogP contribution in [0.25, 0.3) is 0 Å². The molecule has 0 radical (unpaired) electrons. The van der Waals surface area contributed by atoms with E-state index in [1.807, 2.05) is 0 Å². The third kappa shape index (κ3) is 4.89. The molecule has 0 unspecified atom stereocenters. The summed E-state index contributed by atoms with van der Waals surface area (Å²) in [5.74, 6) is -0.370. The monoisotopic (exact) mass is 291 g/mol. The zero-order valence-electron chi connectivity index (χ0n) is 9.81. The molecule has 0 saturated carbocycles. The van der Waals surface area contributed by atoms with Gasteiger partial charge < -0.3 is 11.1 Å². The number of halogens is 1. The van der Waals surface area contributed by atoms with Crippen LogP contribution in [0.3, 0.4) is 0 Å². The van der Waals surface area contributed by atoms with Crippen molar-refractivity contribution in [3.63, 3.8) is 0 Å². The number of carbonyl (C=O) groups is 1. The normalized spacial score (nSPS) is 11.2. The molecular formula is C10H14ClN3O3S. The Kier molecular flexibility index (Phi) is 4.92. The number of hydrogen-bond acceptors (Lipinski definition) is 5. The summed E-state index contributed by atoms with van der Waals surface area (Å²) in [7, 11) is -3.01. The van der Waals surface area contributed by atoms with Crippen LogP contribution in [0.15, 0.2) is 12.3 Å². The maximum Gasteiger partial charge on any atom is 0.253 e. The molecule has 0 aliphatic carbocycles. The topological polar surface area (TPSA) is 102 Å². The first-order chi connectivity index (χ1) is 8.29. The summed E-state index contributed by atoms with van der Waals surface area (Å²) in [4.78, 5) is 15.4. The molecule has 0 aromatic carbocycles. The second kappa shape index (κ2) is 6.01. The largest absolute Gasteiger partial charge is 0.397 e. The molecule has 1 amide bonds. The number of anilines is 1. The molecule has 3 N–H and O–H groups in total. The molecule has 1 rings (SSSR count). The lowest BCUT2D eigenvalue weighted by atomic mass is 10.2. The van der Waals surface area contributed by atoms with E-state index in [2.05, 4.69) is 10.3 Å². The average Bonchev–Trinajstić information content (AvgIpc) is 2.26. The number of nitrogen functional groups attached to an aromatic ring is 1. The molecule has 0 bridgehead atoms. The number of aromatic nitrogens is 1. The van der Waals surface area contributed by atoms with Gasteiger partial charge in [-0.3, -0.25) is 4.79 Å². The molecule has 100 valence electrons. The maximum absolute atomic E-state index is 11.7. The van der Waals surface area contributed by atoms with Gasteiger partial charge in [-0.1, -0.05) is 11.6 Å². The lowest BCUT2D eigenvalue weighted by molar-refractivity contribution is 0.0954. The van der Waals surface area contributed by atoms with Gasteiger partial charge in [0.15, 0.2) is 0 Å². The molecule has 0 atom stereocenters. The van der Waals surface area contributed by atoms with E-state index in [0.29, 0.717) is 6.42 Å². The van der Waals surface area contributed by atoms with Gasteiger partial charge in [0.2, 0.25) is 0 Å². The molecule has 0 spiro atoms. The lowest BCUT2D eigenvalue weighted by Crippen LogP contribution is -2.26. The minimum Gasteiger partial charge on any atom is -0.397 e. The molecule has 6 nitrogen and oxygen atoms in total. The highest BCUT2D eigenvalue weighted by atomic mass is 35.5. The van der Waals surface area contributed by atoms with Gasteiger partial charge in [-0.2, -0.15) is 0 Å². The van der Waals surface area contributed by atoms with E-state index < -0.39 is 15.7 Å². The molecule has 1 heterocycles. The van der Waals surface area contributed by atoms with E-state index in [1.165, 1.54) is 12.3 Å². The van der Waals surface area contributed by atoms with E-state index in [0.717, 1.165) is 6.26 Å². The molecule has 0 aliphatic rings. The van der Waals surface area contributed by atoms with E-state index in [4.69, 9.17) is 17.3 Å². The Morgan fingerprint density at radius 3 is 2.83 bits per heavy atom. The number of nitrogens with two attached hydrogens (primary N) is 1. The van der Waals surface area contributed by atoms with Gasteiger partial charge in [0.25, 0.3) is 5.91 Å². The van der Waals surface area contributed by atoms with E-state index in [1.54, 1.807) is 0 Å². The number of hydrogen-bond donors (Lipinski definition) is 2. The quantitative estimate of drug-likeness (QED) is 0.607. The predicted molar refractivity (Wildman–Crippen MR) is 70.3 cm³/mol. The molecular weight excluding hydrogens is 278 g/mol. The fourth-order valence-corrected chi connectivity index (χ4v) is 2.10. The third-order valence-corrected chi connectivity index (χ3v) is 3.36. The Morgan fingerprint density at radius 2 is 2.22 bits per heavy atom. The van der Waals surface area contributed by atoms with Crippen molar-refractivity contribution >= 4 is 33.0 Å². The molecule has 8 heteroatoms. The van der Waals surface area contributed by atoms with Gasteiger partial charge in [0, 0.05) is 12.8 Å². The highest BCUT2D eigenvalue weighted by molar-refractivity contribution is 7.90. The summed E-state index contributed by atoms with van der Waals surface area (Å²) >= 11 is 5.66. The van der Waals surface area contributed by atoms with E-state index >= 15 is 0 Å². The molecule has 1 aromatic rings. The first-order valence-electron chi connectivity index (χ1n) is 5.16. The van der Waals surface area contributed by atoms with Crippen molar-refractivity contribution in [3.8, 4) is 0 Å². The van der Waals surface area contributed by atoms with Crippen LogP contribution in [0.2, 0.25) is 5.15 Å². The van der Waals surface area contributed by atoms with Crippen LogP contribution < -0.4 is 11.1 Å². The van der Waals surface area contributed by atoms with Crippen molar-refractivity contribution in [1.29, 1.82) is 0 Å². The third-order valence-electron chi connectivity index (χ3n) is 2.12. The number of amides is 1. The molecule has 18 heavy (non-hydrogen) atoms. The predicted octanol–water partition coefficient (Wildman–Crippen LogP) is 0.482. The number of nitrogens with zero attached hydrogens (tertiary/aromatic N) is 1. The number of carbonyl (C=O) groups excluding carboxylic acids is 1. The van der Waals surface area contributed by atoms with Crippen molar-refractivity contribution in [2.75, 3.05) is 24.3 Å². The smallest absolute Gasteiger partial charge is 0.253 e. The van der Waals surface area contributed by atoms with Crippen molar-refractivity contribution in [1.82, 2.24) is 10.3 Å². The van der Waals surface area contributed by atoms with E-state index in [-0.39, 0.29) is 28.7 Å². The second-order valence-electron chi connectivity index (χ2n) is 3.83. The van der Waals surface area contributed by atoms with Crippen molar-refractivity contribution in [2.45, 2.75) is 6.42 Å². The van der Waals surface area contributed by atoms with Crippen molar-refractivity contribution < 1.29 is 13.2 Å². The number of pyridine rings is 1. The lowest BCUT2D eigenvalue weighted by Gasteiger charge is -2.07. The Labute approximate surface area is 110 Å². The van der Waals surface area contributed by atoms with Crippen molar-refractivity contribution in [3.05, 3.63) is 23.0 Å². The summed E-state index contributed by atoms with van der Waals surface area (Å²) in [6.07, 6.45) is 2.80. The molecule has 1 aromatic heterocycles.